The molecule has 26 heavy (non-hydrogen) atoms. The van der Waals surface area contributed by atoms with Crippen molar-refractivity contribution >= 4 is 11.7 Å². The maximum absolute atomic E-state index is 13.4. The van der Waals surface area contributed by atoms with Gasteiger partial charge >= 0.3 is 0 Å². The Morgan fingerprint density at radius 1 is 1.46 bits per heavy atom. The molecule has 1 aromatic heterocycles. The van der Waals surface area contributed by atoms with E-state index in [4.69, 9.17) is 16.7 Å². The molecule has 0 atom stereocenters. The van der Waals surface area contributed by atoms with Crippen LogP contribution in [0.5, 0.6) is 0 Å². The molecule has 8 heteroatoms. The van der Waals surface area contributed by atoms with Gasteiger partial charge in [0.15, 0.2) is 0 Å². The van der Waals surface area contributed by atoms with Crippen LogP contribution in [0.15, 0.2) is 47.4 Å². The molecule has 0 bridgehead atoms. The summed E-state index contributed by atoms with van der Waals surface area (Å²) in [6, 6.07) is 5.85. The van der Waals surface area contributed by atoms with Crippen molar-refractivity contribution in [3.05, 3.63) is 59.3 Å². The molecule has 1 aliphatic rings. The Kier molecular flexibility index (Phi) is 4.80. The first-order chi connectivity index (χ1) is 12.5. The number of amidine groups is 1. The lowest BCUT2D eigenvalue weighted by molar-refractivity contribution is -0.117. The minimum atomic E-state index is -0.595. The molecule has 7 nitrogen and oxygen atoms in total. The van der Waals surface area contributed by atoms with Gasteiger partial charge in [-0.2, -0.15) is 15.4 Å². The summed E-state index contributed by atoms with van der Waals surface area (Å²) in [5.74, 6) is -0.573. The Bertz CT molecular complexity index is 949. The molecule has 0 radical (unpaired) electrons. The number of aliphatic imine (C=N–C) groups is 1. The first-order valence-corrected chi connectivity index (χ1v) is 8.04. The highest BCUT2D eigenvalue weighted by atomic mass is 19.1. The summed E-state index contributed by atoms with van der Waals surface area (Å²) in [6.07, 6.45) is 6.75. The number of nitriles is 1. The fourth-order valence-electron chi connectivity index (χ4n) is 2.43. The van der Waals surface area contributed by atoms with Crippen LogP contribution in [0.1, 0.15) is 24.0 Å². The van der Waals surface area contributed by atoms with Gasteiger partial charge < -0.3 is 11.5 Å². The molecule has 1 aromatic carbocycles. The third-order valence-electron chi connectivity index (χ3n) is 3.94. The number of nitrogens with two attached hydrogens (primary N) is 2. The number of benzene rings is 1. The van der Waals surface area contributed by atoms with Crippen molar-refractivity contribution in [3.8, 4) is 11.8 Å². The number of aromatic nitrogens is 2. The van der Waals surface area contributed by atoms with Crippen molar-refractivity contribution < 1.29 is 9.18 Å². The van der Waals surface area contributed by atoms with Crippen molar-refractivity contribution in [3.63, 3.8) is 0 Å². The lowest BCUT2D eigenvalue weighted by Gasteiger charge is -2.02. The van der Waals surface area contributed by atoms with Gasteiger partial charge in [-0.05, 0) is 48.6 Å². The second kappa shape index (κ2) is 7.19. The fourth-order valence-corrected chi connectivity index (χ4v) is 2.43. The Balaban J connectivity index is 1.69. The van der Waals surface area contributed by atoms with Gasteiger partial charge in [0.25, 0.3) is 5.91 Å². The number of carbonyl (C=O) groups is 1. The van der Waals surface area contributed by atoms with Crippen molar-refractivity contribution in [1.82, 2.24) is 9.78 Å². The highest BCUT2D eigenvalue weighted by Gasteiger charge is 2.24. The molecular weight excluding hydrogens is 335 g/mol. The number of amides is 1. The Morgan fingerprint density at radius 2 is 2.23 bits per heavy atom. The third-order valence-corrected chi connectivity index (χ3v) is 3.94. The average molecular weight is 352 g/mol. The van der Waals surface area contributed by atoms with E-state index in [2.05, 4.69) is 10.1 Å². The standard InChI is InChI=1S/C18H17FN6O/c19-15-4-3-14(6-13(15)8-20)25-10-11(9-23-25)5-18(26)24-17(22)7-16(21)12-1-2-12/h3-4,6-7,9-10,12H,1-2,5,21H2,(H2,22,24,26)/b16-7-. The van der Waals surface area contributed by atoms with E-state index in [-0.39, 0.29) is 17.8 Å². The fraction of sp³-hybridized carbons (Fsp3) is 0.222. The summed E-state index contributed by atoms with van der Waals surface area (Å²) < 4.78 is 14.9. The molecule has 132 valence electrons. The van der Waals surface area contributed by atoms with Gasteiger partial charge in [0, 0.05) is 11.9 Å². The van der Waals surface area contributed by atoms with E-state index in [9.17, 15) is 9.18 Å². The quantitative estimate of drug-likeness (QED) is 0.624. The Morgan fingerprint density at radius 3 is 2.92 bits per heavy atom. The predicted molar refractivity (Wildman–Crippen MR) is 93.6 cm³/mol. The molecule has 1 amide bonds. The smallest absolute Gasteiger partial charge is 0.252 e. The molecule has 0 saturated heterocycles. The van der Waals surface area contributed by atoms with Crippen LogP contribution in [0.25, 0.3) is 5.69 Å². The van der Waals surface area contributed by atoms with Crippen LogP contribution in [0.2, 0.25) is 0 Å². The van der Waals surface area contributed by atoms with Crippen LogP contribution in [-0.2, 0) is 11.2 Å². The molecule has 1 saturated carbocycles. The number of allylic oxidation sites excluding steroid dienone is 1. The summed E-state index contributed by atoms with van der Waals surface area (Å²) in [4.78, 5) is 15.8. The first kappa shape index (κ1) is 17.4. The third kappa shape index (κ3) is 4.13. The topological polar surface area (TPSA) is 123 Å². The zero-order valence-electron chi connectivity index (χ0n) is 13.9. The summed E-state index contributed by atoms with van der Waals surface area (Å²) in [5.41, 5.74) is 13.3. The minimum absolute atomic E-state index is 0.0180. The SMILES string of the molecule is N#Cc1cc(-n2cc(CC(=O)N=C(N)/C=C(\N)C3CC3)cn2)ccc1F. The number of hydrogen-bond acceptors (Lipinski definition) is 4. The van der Waals surface area contributed by atoms with Gasteiger partial charge in [-0.15, -0.1) is 0 Å². The van der Waals surface area contributed by atoms with E-state index >= 15 is 0 Å². The highest BCUT2D eigenvalue weighted by molar-refractivity contribution is 6.00. The van der Waals surface area contributed by atoms with Gasteiger partial charge in [-0.3, -0.25) is 4.79 Å². The highest BCUT2D eigenvalue weighted by Crippen LogP contribution is 2.33. The average Bonchev–Trinajstić information content (AvgIpc) is 3.35. The normalized spacial score (nSPS) is 14.9. The molecule has 1 aliphatic carbocycles. The summed E-state index contributed by atoms with van der Waals surface area (Å²) in [7, 11) is 0. The molecule has 2 aromatic rings. The number of hydrogen-bond donors (Lipinski definition) is 2. The Hall–Kier alpha value is -3.47. The van der Waals surface area contributed by atoms with Crippen LogP contribution in [-0.4, -0.2) is 21.5 Å². The van der Waals surface area contributed by atoms with Crippen LogP contribution in [0, 0.1) is 23.1 Å². The number of halogens is 1. The van der Waals surface area contributed by atoms with Crippen molar-refractivity contribution in [2.75, 3.05) is 0 Å². The molecular formula is C18H17FN6O. The van der Waals surface area contributed by atoms with Gasteiger partial charge in [0.2, 0.25) is 0 Å². The maximum atomic E-state index is 13.4. The monoisotopic (exact) mass is 352 g/mol. The van der Waals surface area contributed by atoms with Gasteiger partial charge in [-0.1, -0.05) is 0 Å². The van der Waals surface area contributed by atoms with E-state index in [0.717, 1.165) is 12.8 Å². The van der Waals surface area contributed by atoms with Crippen molar-refractivity contribution in [2.24, 2.45) is 22.4 Å². The van der Waals surface area contributed by atoms with Gasteiger partial charge in [0.1, 0.15) is 17.7 Å². The first-order valence-electron chi connectivity index (χ1n) is 8.04. The van der Waals surface area contributed by atoms with E-state index in [1.165, 1.54) is 35.2 Å². The number of nitrogens with zero attached hydrogens (tertiary/aromatic N) is 4. The van der Waals surface area contributed by atoms with Crippen LogP contribution in [0.3, 0.4) is 0 Å². The van der Waals surface area contributed by atoms with E-state index in [1.807, 2.05) is 0 Å². The zero-order valence-corrected chi connectivity index (χ0v) is 13.9. The minimum Gasteiger partial charge on any atom is -0.402 e. The lowest BCUT2D eigenvalue weighted by atomic mass is 10.2. The summed E-state index contributed by atoms with van der Waals surface area (Å²) in [5, 5.41) is 13.0. The van der Waals surface area contributed by atoms with Crippen LogP contribution in [0.4, 0.5) is 4.39 Å². The van der Waals surface area contributed by atoms with E-state index in [1.54, 1.807) is 12.3 Å². The van der Waals surface area contributed by atoms with Gasteiger partial charge in [-0.25, -0.2) is 9.07 Å². The van der Waals surface area contributed by atoms with E-state index < -0.39 is 11.7 Å². The Labute approximate surface area is 149 Å². The molecule has 0 unspecified atom stereocenters. The lowest BCUT2D eigenvalue weighted by Crippen LogP contribution is -2.15. The second-order valence-corrected chi connectivity index (χ2v) is 6.09. The largest absolute Gasteiger partial charge is 0.402 e. The molecule has 0 spiro atoms. The molecule has 4 N–H and O–H groups in total. The number of rotatable bonds is 5. The molecule has 0 aliphatic heterocycles. The molecule has 1 fully saturated rings. The van der Waals surface area contributed by atoms with Crippen LogP contribution < -0.4 is 11.5 Å². The number of carbonyl (C=O) groups excluding carboxylic acids is 1. The maximum Gasteiger partial charge on any atom is 0.252 e. The van der Waals surface area contributed by atoms with E-state index in [0.29, 0.717) is 22.9 Å². The zero-order chi connectivity index (χ0) is 18.7. The molecule has 3 rings (SSSR count). The summed E-state index contributed by atoms with van der Waals surface area (Å²) in [6.45, 7) is 0. The summed E-state index contributed by atoms with van der Waals surface area (Å²) >= 11 is 0. The van der Waals surface area contributed by atoms with Crippen molar-refractivity contribution in [1.29, 1.82) is 5.26 Å². The second-order valence-electron chi connectivity index (χ2n) is 6.09. The van der Waals surface area contributed by atoms with Crippen molar-refractivity contribution in [2.45, 2.75) is 19.3 Å². The predicted octanol–water partition coefficient (Wildman–Crippen LogP) is 1.56. The molecule has 1 heterocycles. The van der Waals surface area contributed by atoms with Gasteiger partial charge in [0.05, 0.1) is 23.9 Å². The van der Waals surface area contributed by atoms with Crippen LogP contribution >= 0.6 is 0 Å².